The number of rotatable bonds is 9. The summed E-state index contributed by atoms with van der Waals surface area (Å²) in [4.78, 5) is 10.9. The zero-order valence-electron chi connectivity index (χ0n) is 17.6. The summed E-state index contributed by atoms with van der Waals surface area (Å²) in [7, 11) is 3.37. The van der Waals surface area contributed by atoms with Gasteiger partial charge in [0.05, 0.1) is 13.2 Å². The Kier molecular flexibility index (Phi) is 7.25. The molecule has 0 amide bonds. The number of piperidine rings is 1. The molecule has 0 atom stereocenters. The molecule has 0 aromatic carbocycles. The van der Waals surface area contributed by atoms with Crippen molar-refractivity contribution in [2.24, 2.45) is 0 Å². The van der Waals surface area contributed by atoms with Gasteiger partial charge in [-0.05, 0) is 40.5 Å². The van der Waals surface area contributed by atoms with Gasteiger partial charge in [-0.2, -0.15) is 0 Å². The van der Waals surface area contributed by atoms with Crippen LogP contribution in [0.25, 0.3) is 0 Å². The predicted octanol–water partition coefficient (Wildman–Crippen LogP) is 1.88. The van der Waals surface area contributed by atoms with Gasteiger partial charge in [-0.1, -0.05) is 0 Å². The summed E-state index contributed by atoms with van der Waals surface area (Å²) in [6, 6.07) is 0.285. The maximum Gasteiger partial charge on any atom is 0.157 e. The van der Waals surface area contributed by atoms with Gasteiger partial charge in [0.1, 0.15) is 12.0 Å². The molecule has 1 aliphatic heterocycles. The molecule has 2 rings (SSSR count). The van der Waals surface area contributed by atoms with Gasteiger partial charge in [-0.15, -0.1) is 0 Å². The number of nitrogen functional groups attached to an aromatic ring is 1. The minimum Gasteiger partial charge on any atom is -0.393 e. The first kappa shape index (κ1) is 21.7. The number of nitrogens with zero attached hydrogens (tertiary/aromatic N) is 3. The van der Waals surface area contributed by atoms with Crippen LogP contribution in [0.2, 0.25) is 0 Å². The second kappa shape index (κ2) is 9.03. The maximum atomic E-state index is 6.45. The fraction of sp³-hybridized carbons (Fsp3) is 0.789. The Morgan fingerprint density at radius 3 is 2.19 bits per heavy atom. The number of nitrogens with one attached hydrogen (secondary N) is 2. The second-order valence-corrected chi connectivity index (χ2v) is 8.57. The van der Waals surface area contributed by atoms with E-state index in [1.54, 1.807) is 20.5 Å². The molecule has 8 heteroatoms. The van der Waals surface area contributed by atoms with E-state index >= 15 is 0 Å². The molecule has 4 N–H and O–H groups in total. The first-order chi connectivity index (χ1) is 12.7. The van der Waals surface area contributed by atoms with E-state index in [9.17, 15) is 0 Å². The van der Waals surface area contributed by atoms with Crippen molar-refractivity contribution in [1.29, 1.82) is 0 Å². The minimum atomic E-state index is 0.0486. The molecule has 0 aliphatic carbocycles. The molecular formula is C19H36N6O2. The van der Waals surface area contributed by atoms with Gasteiger partial charge in [0.25, 0.3) is 0 Å². The highest BCUT2D eigenvalue weighted by Crippen LogP contribution is 2.33. The lowest BCUT2D eigenvalue weighted by molar-refractivity contribution is 0.170. The highest BCUT2D eigenvalue weighted by Gasteiger charge is 2.38. The molecule has 1 aliphatic rings. The van der Waals surface area contributed by atoms with Gasteiger partial charge in [0.2, 0.25) is 0 Å². The SMILES string of the molecule is COCCN(CCOC)c1ncnc(NC2CC(C)(C)NC(C)(C)C2)c1N. The molecule has 0 unspecified atom stereocenters. The van der Waals surface area contributed by atoms with Crippen LogP contribution >= 0.6 is 0 Å². The van der Waals surface area contributed by atoms with Crippen LogP contribution in [0.4, 0.5) is 17.3 Å². The standard InChI is InChI=1S/C19H36N6O2/c1-18(2)11-14(12-19(3,4)24-18)23-16-15(20)17(22-13-21-16)25(7-9-26-5)8-10-27-6/h13-14,24H,7-12,20H2,1-6H3,(H,21,22,23). The third-order valence-electron chi connectivity index (χ3n) is 4.82. The number of hydrogen-bond donors (Lipinski definition) is 3. The third-order valence-corrected chi connectivity index (χ3v) is 4.82. The molecule has 1 aromatic rings. The quantitative estimate of drug-likeness (QED) is 0.597. The van der Waals surface area contributed by atoms with Gasteiger partial charge in [0.15, 0.2) is 11.6 Å². The summed E-state index contributed by atoms with van der Waals surface area (Å²) in [5.41, 5.74) is 7.12. The van der Waals surface area contributed by atoms with E-state index in [1.807, 2.05) is 0 Å². The largest absolute Gasteiger partial charge is 0.393 e. The normalized spacial score (nSPS) is 19.0. The Morgan fingerprint density at radius 1 is 1.11 bits per heavy atom. The molecule has 0 saturated carbocycles. The van der Waals surface area contributed by atoms with Crippen LogP contribution in [0.1, 0.15) is 40.5 Å². The predicted molar refractivity (Wildman–Crippen MR) is 110 cm³/mol. The van der Waals surface area contributed by atoms with Crippen LogP contribution in [0.3, 0.4) is 0 Å². The van der Waals surface area contributed by atoms with Gasteiger partial charge >= 0.3 is 0 Å². The van der Waals surface area contributed by atoms with Crippen LogP contribution in [0.15, 0.2) is 6.33 Å². The smallest absolute Gasteiger partial charge is 0.157 e. The Bertz CT molecular complexity index is 584. The Morgan fingerprint density at radius 2 is 1.67 bits per heavy atom. The average molecular weight is 381 g/mol. The molecule has 0 radical (unpaired) electrons. The fourth-order valence-corrected chi connectivity index (χ4v) is 4.10. The van der Waals surface area contributed by atoms with E-state index in [4.69, 9.17) is 15.2 Å². The Labute approximate surface area is 163 Å². The molecule has 154 valence electrons. The summed E-state index contributed by atoms with van der Waals surface area (Å²) >= 11 is 0. The number of hydrogen-bond acceptors (Lipinski definition) is 8. The van der Waals surface area contributed by atoms with E-state index in [2.05, 4.69) is 53.2 Å². The van der Waals surface area contributed by atoms with Crippen molar-refractivity contribution in [1.82, 2.24) is 15.3 Å². The Hall–Kier alpha value is -1.64. The van der Waals surface area contributed by atoms with Crippen molar-refractivity contribution in [3.63, 3.8) is 0 Å². The third kappa shape index (κ3) is 6.19. The van der Waals surface area contributed by atoms with Crippen molar-refractivity contribution < 1.29 is 9.47 Å². The van der Waals surface area contributed by atoms with Crippen LogP contribution in [-0.2, 0) is 9.47 Å². The summed E-state index contributed by atoms with van der Waals surface area (Å²) in [5, 5.41) is 7.26. The van der Waals surface area contributed by atoms with Gasteiger partial charge in [-0.25, -0.2) is 9.97 Å². The topological polar surface area (TPSA) is 97.6 Å². The molecule has 27 heavy (non-hydrogen) atoms. The van der Waals surface area contributed by atoms with E-state index in [1.165, 1.54) is 0 Å². The number of nitrogens with two attached hydrogens (primary N) is 1. The Balaban J connectivity index is 2.19. The van der Waals surface area contributed by atoms with Crippen LogP contribution in [0.5, 0.6) is 0 Å². The zero-order valence-corrected chi connectivity index (χ0v) is 17.6. The molecular weight excluding hydrogens is 344 g/mol. The monoisotopic (exact) mass is 380 g/mol. The highest BCUT2D eigenvalue weighted by molar-refractivity contribution is 5.75. The van der Waals surface area contributed by atoms with Gasteiger partial charge in [-0.3, -0.25) is 0 Å². The summed E-state index contributed by atoms with van der Waals surface area (Å²) < 4.78 is 10.4. The summed E-state index contributed by atoms with van der Waals surface area (Å²) in [6.45, 7) is 11.5. The van der Waals surface area contributed by atoms with E-state index in [0.717, 1.165) is 12.8 Å². The van der Waals surface area contributed by atoms with E-state index in [0.29, 0.717) is 43.6 Å². The molecule has 8 nitrogen and oxygen atoms in total. The second-order valence-electron chi connectivity index (χ2n) is 8.57. The molecule has 2 heterocycles. The lowest BCUT2D eigenvalue weighted by atomic mass is 9.79. The van der Waals surface area contributed by atoms with Crippen molar-refractivity contribution in [3.05, 3.63) is 6.33 Å². The average Bonchev–Trinajstić information content (AvgIpc) is 2.54. The molecule has 1 saturated heterocycles. The summed E-state index contributed by atoms with van der Waals surface area (Å²) in [6.07, 6.45) is 3.55. The van der Waals surface area contributed by atoms with Gasteiger partial charge < -0.3 is 30.7 Å². The summed E-state index contributed by atoms with van der Waals surface area (Å²) in [5.74, 6) is 1.41. The number of ether oxygens (including phenoxy) is 2. The highest BCUT2D eigenvalue weighted by atomic mass is 16.5. The number of methoxy groups -OCH3 is 2. The number of aromatic nitrogens is 2. The zero-order chi connectivity index (χ0) is 20.1. The molecule has 0 spiro atoms. The first-order valence-electron chi connectivity index (χ1n) is 9.56. The molecule has 0 bridgehead atoms. The molecule has 1 fully saturated rings. The maximum absolute atomic E-state index is 6.45. The molecule has 1 aromatic heterocycles. The van der Waals surface area contributed by atoms with Crippen molar-refractivity contribution in [3.8, 4) is 0 Å². The van der Waals surface area contributed by atoms with Crippen LogP contribution in [0, 0.1) is 0 Å². The fourth-order valence-electron chi connectivity index (χ4n) is 4.10. The van der Waals surface area contributed by atoms with Crippen LogP contribution < -0.4 is 21.3 Å². The number of anilines is 3. The van der Waals surface area contributed by atoms with Crippen molar-refractivity contribution in [2.75, 3.05) is 56.5 Å². The minimum absolute atomic E-state index is 0.0486. The van der Waals surface area contributed by atoms with Gasteiger partial charge in [0, 0.05) is 44.4 Å². The van der Waals surface area contributed by atoms with E-state index in [-0.39, 0.29) is 17.1 Å². The van der Waals surface area contributed by atoms with E-state index < -0.39 is 0 Å². The first-order valence-corrected chi connectivity index (χ1v) is 9.56. The van der Waals surface area contributed by atoms with Crippen molar-refractivity contribution in [2.45, 2.75) is 57.7 Å². The van der Waals surface area contributed by atoms with Crippen molar-refractivity contribution >= 4 is 17.3 Å². The lowest BCUT2D eigenvalue weighted by Crippen LogP contribution is -2.60. The van der Waals surface area contributed by atoms with Crippen LogP contribution in [-0.4, -0.2) is 67.6 Å². The lowest BCUT2D eigenvalue weighted by Gasteiger charge is -2.46.